The van der Waals surface area contributed by atoms with Gasteiger partial charge in [0.25, 0.3) is 0 Å². The van der Waals surface area contributed by atoms with Gasteiger partial charge >= 0.3 is 0 Å². The second kappa shape index (κ2) is 6.58. The van der Waals surface area contributed by atoms with Gasteiger partial charge in [0, 0.05) is 5.41 Å². The Kier molecular flexibility index (Phi) is 4.67. The van der Waals surface area contributed by atoms with Crippen LogP contribution in [0.1, 0.15) is 18.4 Å². The van der Waals surface area contributed by atoms with Gasteiger partial charge in [-0.25, -0.2) is 9.37 Å². The van der Waals surface area contributed by atoms with Crippen LogP contribution >= 0.6 is 0 Å². The molecule has 3 N–H and O–H groups in total. The summed E-state index contributed by atoms with van der Waals surface area (Å²) in [5.41, 5.74) is -1.42. The highest BCUT2D eigenvalue weighted by atomic mass is 19.1. The monoisotopic (exact) mass is 335 g/mol. The number of nitrogens with zero attached hydrogens (tertiary/aromatic N) is 3. The van der Waals surface area contributed by atoms with Gasteiger partial charge in [0.2, 0.25) is 0 Å². The van der Waals surface area contributed by atoms with Crippen molar-refractivity contribution < 1.29 is 19.7 Å². The Labute approximate surface area is 139 Å². The largest absolute Gasteiger partial charge is 0.396 e. The Morgan fingerprint density at radius 1 is 1.21 bits per heavy atom. The van der Waals surface area contributed by atoms with Crippen LogP contribution < -0.4 is 0 Å². The number of benzene rings is 1. The zero-order chi connectivity index (χ0) is 17.2. The van der Waals surface area contributed by atoms with Gasteiger partial charge < -0.3 is 15.3 Å². The van der Waals surface area contributed by atoms with Crippen molar-refractivity contribution in [2.24, 2.45) is 11.3 Å². The van der Waals surface area contributed by atoms with Gasteiger partial charge in [-0.1, -0.05) is 12.1 Å². The molecule has 0 radical (unpaired) electrons. The molecule has 0 spiro atoms. The predicted molar refractivity (Wildman–Crippen MR) is 84.4 cm³/mol. The smallest absolute Gasteiger partial charge is 0.137 e. The summed E-state index contributed by atoms with van der Waals surface area (Å²) >= 11 is 0. The molecule has 0 saturated heterocycles. The fourth-order valence-corrected chi connectivity index (χ4v) is 3.85. The molecule has 0 amide bonds. The normalized spacial score (nSPS) is 25.9. The lowest BCUT2D eigenvalue weighted by Crippen LogP contribution is -2.55. The third-order valence-electron chi connectivity index (χ3n) is 5.44. The Morgan fingerprint density at radius 2 is 1.92 bits per heavy atom. The number of hydrogen-bond acceptors (Lipinski definition) is 5. The molecule has 1 aromatic carbocycles. The molecule has 7 heteroatoms. The van der Waals surface area contributed by atoms with E-state index in [-0.39, 0.29) is 31.5 Å². The van der Waals surface area contributed by atoms with Crippen molar-refractivity contribution in [3.8, 4) is 0 Å². The van der Waals surface area contributed by atoms with Crippen LogP contribution in [0.25, 0.3) is 0 Å². The lowest BCUT2D eigenvalue weighted by Gasteiger charge is -2.43. The lowest BCUT2D eigenvalue weighted by atomic mass is 9.71. The molecule has 130 valence electrons. The summed E-state index contributed by atoms with van der Waals surface area (Å²) in [5.74, 6) is -0.491. The van der Waals surface area contributed by atoms with Gasteiger partial charge in [-0.2, -0.15) is 5.10 Å². The highest BCUT2D eigenvalue weighted by molar-refractivity contribution is 5.19. The van der Waals surface area contributed by atoms with Crippen LogP contribution in [0.2, 0.25) is 0 Å². The minimum absolute atomic E-state index is 0.139. The number of rotatable bonds is 6. The van der Waals surface area contributed by atoms with E-state index in [2.05, 4.69) is 10.1 Å². The van der Waals surface area contributed by atoms with Crippen LogP contribution in [0.5, 0.6) is 0 Å². The zero-order valence-electron chi connectivity index (χ0n) is 13.3. The van der Waals surface area contributed by atoms with E-state index in [0.717, 1.165) is 5.56 Å². The summed E-state index contributed by atoms with van der Waals surface area (Å²) in [6.45, 7) is -0.483. The number of aliphatic hydroxyl groups excluding tert-OH is 2. The first-order chi connectivity index (χ1) is 11.5. The summed E-state index contributed by atoms with van der Waals surface area (Å²) in [6.07, 6.45) is 4.59. The first kappa shape index (κ1) is 17.0. The fourth-order valence-electron chi connectivity index (χ4n) is 3.85. The van der Waals surface area contributed by atoms with Crippen molar-refractivity contribution in [3.63, 3.8) is 0 Å². The van der Waals surface area contributed by atoms with E-state index < -0.39 is 11.0 Å². The van der Waals surface area contributed by atoms with E-state index in [9.17, 15) is 19.7 Å². The molecule has 0 aliphatic heterocycles. The summed E-state index contributed by atoms with van der Waals surface area (Å²) in [4.78, 5) is 3.89. The molecule has 0 unspecified atom stereocenters. The van der Waals surface area contributed by atoms with Crippen molar-refractivity contribution in [1.82, 2.24) is 14.8 Å². The lowest BCUT2D eigenvalue weighted by molar-refractivity contribution is -0.143. The number of aromatic nitrogens is 3. The average Bonchev–Trinajstić information content (AvgIpc) is 3.17. The van der Waals surface area contributed by atoms with Crippen molar-refractivity contribution in [2.75, 3.05) is 13.2 Å². The van der Waals surface area contributed by atoms with Crippen LogP contribution in [0.4, 0.5) is 4.39 Å². The quantitative estimate of drug-likeness (QED) is 0.725. The highest BCUT2D eigenvalue weighted by Crippen LogP contribution is 2.51. The molecule has 2 atom stereocenters. The number of aliphatic hydroxyl groups is 3. The van der Waals surface area contributed by atoms with Crippen LogP contribution in [0.15, 0.2) is 36.9 Å². The minimum atomic E-state index is -1.33. The SMILES string of the molecule is OCC1(CO)CC[C@@H](Cc2ccc(F)cc2)[C@@]1(O)Cn1cncn1. The van der Waals surface area contributed by atoms with Crippen molar-refractivity contribution >= 4 is 0 Å². The van der Waals surface area contributed by atoms with Gasteiger partial charge in [0.15, 0.2) is 0 Å². The molecule has 6 nitrogen and oxygen atoms in total. The molecule has 3 rings (SSSR count). The molecule has 2 aromatic rings. The van der Waals surface area contributed by atoms with E-state index in [1.807, 2.05) is 0 Å². The molecule has 1 aliphatic carbocycles. The Hall–Kier alpha value is -1.83. The first-order valence-corrected chi connectivity index (χ1v) is 8.04. The average molecular weight is 335 g/mol. The maximum absolute atomic E-state index is 13.1. The minimum Gasteiger partial charge on any atom is -0.396 e. The maximum atomic E-state index is 13.1. The van der Waals surface area contributed by atoms with E-state index in [1.54, 1.807) is 12.1 Å². The predicted octanol–water partition coefficient (Wildman–Crippen LogP) is 0.772. The summed E-state index contributed by atoms with van der Waals surface area (Å²) in [7, 11) is 0. The molecule has 24 heavy (non-hydrogen) atoms. The number of hydrogen-bond donors (Lipinski definition) is 3. The zero-order valence-corrected chi connectivity index (χ0v) is 13.3. The Bertz CT molecular complexity index is 658. The van der Waals surface area contributed by atoms with Gasteiger partial charge in [0.05, 0.1) is 25.4 Å². The highest BCUT2D eigenvalue weighted by Gasteiger charge is 2.59. The topological polar surface area (TPSA) is 91.4 Å². The van der Waals surface area contributed by atoms with Crippen LogP contribution in [0.3, 0.4) is 0 Å². The molecule has 1 aromatic heterocycles. The van der Waals surface area contributed by atoms with E-state index in [4.69, 9.17) is 0 Å². The van der Waals surface area contributed by atoms with E-state index in [0.29, 0.717) is 19.3 Å². The third-order valence-corrected chi connectivity index (χ3v) is 5.44. The summed E-state index contributed by atoms with van der Waals surface area (Å²) < 4.78 is 14.6. The second-order valence-electron chi connectivity index (χ2n) is 6.68. The molecule has 1 aliphatic rings. The van der Waals surface area contributed by atoms with Gasteiger partial charge in [-0.3, -0.25) is 4.68 Å². The van der Waals surface area contributed by atoms with Gasteiger partial charge in [0.1, 0.15) is 18.5 Å². The summed E-state index contributed by atoms with van der Waals surface area (Å²) in [6, 6.07) is 6.18. The van der Waals surface area contributed by atoms with Gasteiger partial charge in [-0.15, -0.1) is 0 Å². The first-order valence-electron chi connectivity index (χ1n) is 8.04. The van der Waals surface area contributed by atoms with Crippen LogP contribution in [-0.2, 0) is 13.0 Å². The number of halogens is 1. The van der Waals surface area contributed by atoms with Crippen molar-refractivity contribution in [3.05, 3.63) is 48.3 Å². The van der Waals surface area contributed by atoms with Crippen molar-refractivity contribution in [2.45, 2.75) is 31.4 Å². The molecule has 0 bridgehead atoms. The van der Waals surface area contributed by atoms with Crippen LogP contribution in [-0.4, -0.2) is 48.9 Å². The molecule has 1 heterocycles. The maximum Gasteiger partial charge on any atom is 0.137 e. The summed E-state index contributed by atoms with van der Waals surface area (Å²) in [5, 5.41) is 35.3. The molecule has 1 fully saturated rings. The van der Waals surface area contributed by atoms with Gasteiger partial charge in [-0.05, 0) is 42.9 Å². The van der Waals surface area contributed by atoms with Crippen molar-refractivity contribution in [1.29, 1.82) is 0 Å². The molecule has 1 saturated carbocycles. The second-order valence-corrected chi connectivity index (χ2v) is 6.68. The van der Waals surface area contributed by atoms with E-state index in [1.165, 1.54) is 29.5 Å². The van der Waals surface area contributed by atoms with Crippen LogP contribution in [0, 0.1) is 17.2 Å². The standard InChI is InChI=1S/C17H22FN3O3/c18-15-3-1-13(2-4-15)7-14-5-6-16(9-22,10-23)17(14,24)8-21-12-19-11-20-21/h1-4,11-12,14,22-24H,5-10H2/t14-,17-/m0/s1. The molecular weight excluding hydrogens is 313 g/mol. The molecular formula is C17H22FN3O3. The Balaban J connectivity index is 1.90. The third kappa shape index (κ3) is 2.83. The Morgan fingerprint density at radius 3 is 2.50 bits per heavy atom. The van der Waals surface area contributed by atoms with E-state index >= 15 is 0 Å². The fraction of sp³-hybridized carbons (Fsp3) is 0.529.